The van der Waals surface area contributed by atoms with Crippen molar-refractivity contribution in [2.45, 2.75) is 6.92 Å². The second kappa shape index (κ2) is 3.94. The number of hydrogen-bond donors (Lipinski definition) is 0. The number of halogens is 1. The van der Waals surface area contributed by atoms with Crippen LogP contribution in [-0.4, -0.2) is 6.08 Å². The minimum Gasteiger partial charge on any atom is -0.211 e. The zero-order valence-corrected chi connectivity index (χ0v) is 7.50. The third-order valence-corrected chi connectivity index (χ3v) is 1.83. The number of carbonyl (C=O) groups excluding carboxylic acids is 1. The highest BCUT2D eigenvalue weighted by Crippen LogP contribution is 2.32. The minimum atomic E-state index is 0.0706. The van der Waals surface area contributed by atoms with E-state index >= 15 is 0 Å². The molecule has 4 nitrogen and oxygen atoms in total. The minimum absolute atomic E-state index is 0.0706. The molecule has 0 spiro atoms. The van der Waals surface area contributed by atoms with Gasteiger partial charge in [0.05, 0.1) is 10.7 Å². The first-order valence-corrected chi connectivity index (χ1v) is 3.78. The maximum absolute atomic E-state index is 10.2. The summed E-state index contributed by atoms with van der Waals surface area (Å²) in [7, 11) is 0. The molecule has 0 aromatic heterocycles. The van der Waals surface area contributed by atoms with Gasteiger partial charge in [0, 0.05) is 0 Å². The van der Waals surface area contributed by atoms with Crippen molar-refractivity contribution in [3.05, 3.63) is 27.6 Å². The van der Waals surface area contributed by atoms with Gasteiger partial charge in [0.25, 0.3) is 0 Å². The predicted molar refractivity (Wildman–Crippen MR) is 49.4 cm³/mol. The smallest absolute Gasteiger partial charge is 0.211 e. The van der Waals surface area contributed by atoms with E-state index in [9.17, 15) is 9.70 Å². The van der Waals surface area contributed by atoms with Gasteiger partial charge >= 0.3 is 0 Å². The fourth-order valence-corrected chi connectivity index (χ4v) is 1.14. The molecule has 0 amide bonds. The molecular weight excluding hydrogens is 192 g/mol. The van der Waals surface area contributed by atoms with Gasteiger partial charge in [-0.15, -0.1) is 4.91 Å². The van der Waals surface area contributed by atoms with Gasteiger partial charge in [0.15, 0.2) is 0 Å². The fraction of sp³-hybridized carbons (Fsp3) is 0.125. The molecule has 0 saturated carbocycles. The highest BCUT2D eigenvalue weighted by molar-refractivity contribution is 6.33. The molecule has 66 valence electrons. The summed E-state index contributed by atoms with van der Waals surface area (Å²) in [6, 6.07) is 2.87. The van der Waals surface area contributed by atoms with Crippen LogP contribution in [0.5, 0.6) is 0 Å². The lowest BCUT2D eigenvalue weighted by Gasteiger charge is -1.99. The Morgan fingerprint density at radius 3 is 2.62 bits per heavy atom. The Hall–Kier alpha value is -1.51. The summed E-state index contributed by atoms with van der Waals surface area (Å²) in [5.74, 6) is 0. The first kappa shape index (κ1) is 9.58. The molecule has 0 unspecified atom stereocenters. The Kier molecular flexibility index (Phi) is 2.90. The lowest BCUT2D eigenvalue weighted by Crippen LogP contribution is -1.75. The van der Waals surface area contributed by atoms with Crippen LogP contribution in [0.25, 0.3) is 0 Å². The molecular formula is C8H5ClN2O2. The van der Waals surface area contributed by atoms with Gasteiger partial charge in [0.2, 0.25) is 6.08 Å². The van der Waals surface area contributed by atoms with Crippen LogP contribution in [0.1, 0.15) is 5.56 Å². The van der Waals surface area contributed by atoms with E-state index in [2.05, 4.69) is 10.2 Å². The zero-order valence-electron chi connectivity index (χ0n) is 6.74. The molecule has 0 radical (unpaired) electrons. The van der Waals surface area contributed by atoms with E-state index in [1.165, 1.54) is 18.2 Å². The Morgan fingerprint density at radius 2 is 2.08 bits per heavy atom. The van der Waals surface area contributed by atoms with Crippen LogP contribution in [0, 0.1) is 11.8 Å². The first-order valence-electron chi connectivity index (χ1n) is 3.40. The fourth-order valence-electron chi connectivity index (χ4n) is 0.890. The maximum atomic E-state index is 10.2. The lowest BCUT2D eigenvalue weighted by atomic mass is 10.2. The van der Waals surface area contributed by atoms with E-state index in [0.717, 1.165) is 0 Å². The second-order valence-corrected chi connectivity index (χ2v) is 2.79. The molecule has 0 heterocycles. The van der Waals surface area contributed by atoms with Crippen molar-refractivity contribution in [2.24, 2.45) is 10.2 Å². The average molecular weight is 197 g/mol. The van der Waals surface area contributed by atoms with Crippen molar-refractivity contribution in [3.63, 3.8) is 0 Å². The van der Waals surface area contributed by atoms with Crippen LogP contribution in [0.3, 0.4) is 0 Å². The van der Waals surface area contributed by atoms with Gasteiger partial charge in [-0.3, -0.25) is 0 Å². The standard InChI is InChI=1S/C8H5ClN2O2/c1-5-2-6(9)8(11-13)3-7(5)10-4-12/h2-3H,1H3. The molecule has 0 fully saturated rings. The highest BCUT2D eigenvalue weighted by atomic mass is 35.5. The predicted octanol–water partition coefficient (Wildman–Crippen LogP) is 3.01. The highest BCUT2D eigenvalue weighted by Gasteiger charge is 2.05. The number of isocyanates is 1. The van der Waals surface area contributed by atoms with Crippen molar-refractivity contribution in [2.75, 3.05) is 0 Å². The van der Waals surface area contributed by atoms with Gasteiger partial charge in [-0.05, 0) is 29.8 Å². The molecule has 0 aliphatic rings. The number of nitrogens with zero attached hydrogens (tertiary/aromatic N) is 2. The summed E-state index contributed by atoms with van der Waals surface area (Å²) >= 11 is 5.67. The molecule has 1 aromatic rings. The normalized spacial score (nSPS) is 9.08. The molecule has 0 saturated heterocycles. The lowest BCUT2D eigenvalue weighted by molar-refractivity contribution is 0.565. The summed E-state index contributed by atoms with van der Waals surface area (Å²) < 4.78 is 0. The van der Waals surface area contributed by atoms with Crippen LogP contribution in [0.4, 0.5) is 11.4 Å². The van der Waals surface area contributed by atoms with Crippen molar-refractivity contribution in [1.82, 2.24) is 0 Å². The number of benzene rings is 1. The molecule has 0 atom stereocenters. The van der Waals surface area contributed by atoms with Crippen LogP contribution in [-0.2, 0) is 4.79 Å². The number of aliphatic imine (C=N–C) groups is 1. The SMILES string of the molecule is Cc1cc(Cl)c(N=O)cc1N=C=O. The number of hydrogen-bond acceptors (Lipinski definition) is 4. The Balaban J connectivity index is 3.37. The Morgan fingerprint density at radius 1 is 1.38 bits per heavy atom. The van der Waals surface area contributed by atoms with Crippen molar-refractivity contribution in [3.8, 4) is 0 Å². The van der Waals surface area contributed by atoms with Crippen LogP contribution >= 0.6 is 11.6 Å². The third kappa shape index (κ3) is 1.99. The van der Waals surface area contributed by atoms with Gasteiger partial charge in [0.1, 0.15) is 5.69 Å². The van der Waals surface area contributed by atoms with Gasteiger partial charge in [-0.2, -0.15) is 4.99 Å². The van der Waals surface area contributed by atoms with Crippen molar-refractivity contribution in [1.29, 1.82) is 0 Å². The second-order valence-electron chi connectivity index (χ2n) is 2.38. The number of aryl methyl sites for hydroxylation is 1. The van der Waals surface area contributed by atoms with E-state index in [1.807, 2.05) is 0 Å². The molecule has 0 aliphatic heterocycles. The topological polar surface area (TPSA) is 58.9 Å². The Labute approximate surface area is 79.2 Å². The molecule has 0 aliphatic carbocycles. The Bertz CT molecular complexity index is 397. The van der Waals surface area contributed by atoms with Crippen LogP contribution < -0.4 is 0 Å². The molecule has 0 N–H and O–H groups in total. The summed E-state index contributed by atoms with van der Waals surface area (Å²) in [4.78, 5) is 23.6. The third-order valence-electron chi connectivity index (χ3n) is 1.53. The van der Waals surface area contributed by atoms with E-state index in [4.69, 9.17) is 11.6 Å². The van der Waals surface area contributed by atoms with Crippen LogP contribution in [0.15, 0.2) is 22.3 Å². The zero-order chi connectivity index (χ0) is 9.84. The molecule has 5 heteroatoms. The van der Waals surface area contributed by atoms with Gasteiger partial charge in [-0.25, -0.2) is 4.79 Å². The summed E-state index contributed by atoms with van der Waals surface area (Å²) in [6.07, 6.45) is 1.38. The van der Waals surface area contributed by atoms with Crippen molar-refractivity contribution < 1.29 is 4.79 Å². The van der Waals surface area contributed by atoms with Gasteiger partial charge in [-0.1, -0.05) is 11.6 Å². The average Bonchev–Trinajstić information content (AvgIpc) is 2.10. The van der Waals surface area contributed by atoms with E-state index in [-0.39, 0.29) is 10.7 Å². The van der Waals surface area contributed by atoms with Gasteiger partial charge < -0.3 is 0 Å². The van der Waals surface area contributed by atoms with E-state index in [1.54, 1.807) is 6.92 Å². The quantitative estimate of drug-likeness (QED) is 0.415. The summed E-state index contributed by atoms with van der Waals surface area (Å²) in [6.45, 7) is 1.72. The number of rotatable bonds is 2. The summed E-state index contributed by atoms with van der Waals surface area (Å²) in [5.41, 5.74) is 1.12. The summed E-state index contributed by atoms with van der Waals surface area (Å²) in [5, 5.41) is 2.93. The molecule has 0 bridgehead atoms. The van der Waals surface area contributed by atoms with E-state index in [0.29, 0.717) is 11.3 Å². The van der Waals surface area contributed by atoms with E-state index < -0.39 is 0 Å². The molecule has 13 heavy (non-hydrogen) atoms. The molecule has 1 aromatic carbocycles. The first-order chi connectivity index (χ1) is 6.19. The van der Waals surface area contributed by atoms with Crippen molar-refractivity contribution >= 4 is 29.1 Å². The largest absolute Gasteiger partial charge is 0.240 e. The molecule has 1 rings (SSSR count). The number of nitroso groups, excluding NO2 is 1. The van der Waals surface area contributed by atoms with Crippen LogP contribution in [0.2, 0.25) is 5.02 Å². The maximum Gasteiger partial charge on any atom is 0.240 e. The monoisotopic (exact) mass is 196 g/mol.